The van der Waals surface area contributed by atoms with Crippen LogP contribution in [-0.2, 0) is 9.59 Å². The number of benzene rings is 1. The molecule has 1 aromatic carbocycles. The molecule has 0 bridgehead atoms. The van der Waals surface area contributed by atoms with Crippen molar-refractivity contribution in [1.82, 2.24) is 0 Å². The first-order valence-corrected chi connectivity index (χ1v) is 5.55. The van der Waals surface area contributed by atoms with Gasteiger partial charge in [0.1, 0.15) is 11.8 Å². The number of rotatable bonds is 4. The van der Waals surface area contributed by atoms with Gasteiger partial charge in [0.15, 0.2) is 0 Å². The highest BCUT2D eigenvalue weighted by molar-refractivity contribution is 6.52. The summed E-state index contributed by atoms with van der Waals surface area (Å²) in [5.74, 6) is -1.63. The number of hydrogen-bond donors (Lipinski definition) is 2. The summed E-state index contributed by atoms with van der Waals surface area (Å²) in [5, 5.41) is 0. The summed E-state index contributed by atoms with van der Waals surface area (Å²) in [6, 6.07) is 3.65. The van der Waals surface area contributed by atoms with Crippen LogP contribution in [0.3, 0.4) is 0 Å². The average molecular weight is 263 g/mol. The van der Waals surface area contributed by atoms with Crippen molar-refractivity contribution in [2.75, 3.05) is 18.6 Å². The van der Waals surface area contributed by atoms with Gasteiger partial charge in [-0.3, -0.25) is 14.4 Å². The number of ketones is 1. The van der Waals surface area contributed by atoms with Crippen molar-refractivity contribution in [2.24, 2.45) is 11.5 Å². The number of carbonyl (C=O) groups is 3. The maximum absolute atomic E-state index is 11.8. The number of hydrogen-bond acceptors (Lipinski definition) is 5. The quantitative estimate of drug-likeness (QED) is 0.678. The Kier molecular flexibility index (Phi) is 3.22. The summed E-state index contributed by atoms with van der Waals surface area (Å²) in [6.45, 7) is -0.126. The lowest BCUT2D eigenvalue weighted by molar-refractivity contribution is -0.119. The van der Waals surface area contributed by atoms with Crippen LogP contribution in [0.1, 0.15) is 10.4 Å². The van der Waals surface area contributed by atoms with Gasteiger partial charge in [-0.1, -0.05) is 0 Å². The molecule has 2 amide bonds. The van der Waals surface area contributed by atoms with E-state index in [1.165, 1.54) is 13.2 Å². The van der Waals surface area contributed by atoms with Crippen LogP contribution in [0.2, 0.25) is 0 Å². The first-order chi connectivity index (χ1) is 8.95. The van der Waals surface area contributed by atoms with Crippen molar-refractivity contribution in [3.63, 3.8) is 0 Å². The number of ether oxygens (including phenoxy) is 1. The van der Waals surface area contributed by atoms with E-state index in [-0.39, 0.29) is 12.1 Å². The third-order valence-electron chi connectivity index (χ3n) is 2.92. The molecule has 7 nitrogen and oxygen atoms in total. The van der Waals surface area contributed by atoms with Crippen LogP contribution in [0.15, 0.2) is 18.2 Å². The van der Waals surface area contributed by atoms with Gasteiger partial charge in [-0.25, -0.2) is 0 Å². The van der Waals surface area contributed by atoms with E-state index in [9.17, 15) is 14.4 Å². The van der Waals surface area contributed by atoms with Crippen molar-refractivity contribution < 1.29 is 19.1 Å². The topological polar surface area (TPSA) is 116 Å². The Morgan fingerprint density at radius 2 is 2.11 bits per heavy atom. The van der Waals surface area contributed by atoms with Gasteiger partial charge in [0.2, 0.25) is 5.91 Å². The summed E-state index contributed by atoms with van der Waals surface area (Å²) in [7, 11) is 1.46. The van der Waals surface area contributed by atoms with Crippen molar-refractivity contribution in [3.05, 3.63) is 23.8 Å². The number of Topliss-reactive ketones (excluding diaryl/α,β-unsaturated/α-hetero) is 1. The zero-order valence-corrected chi connectivity index (χ0v) is 10.3. The van der Waals surface area contributed by atoms with E-state index >= 15 is 0 Å². The Hall–Kier alpha value is -2.41. The summed E-state index contributed by atoms with van der Waals surface area (Å²) >= 11 is 0. The largest absolute Gasteiger partial charge is 0.497 e. The summed E-state index contributed by atoms with van der Waals surface area (Å²) < 4.78 is 5.00. The van der Waals surface area contributed by atoms with E-state index in [1.54, 1.807) is 12.1 Å². The van der Waals surface area contributed by atoms with E-state index < -0.39 is 23.6 Å². The smallest absolute Gasteiger partial charge is 0.299 e. The molecule has 0 saturated heterocycles. The lowest BCUT2D eigenvalue weighted by Crippen LogP contribution is -2.47. The maximum Gasteiger partial charge on any atom is 0.299 e. The van der Waals surface area contributed by atoms with E-state index in [4.69, 9.17) is 16.2 Å². The monoisotopic (exact) mass is 263 g/mol. The van der Waals surface area contributed by atoms with E-state index in [2.05, 4.69) is 0 Å². The summed E-state index contributed by atoms with van der Waals surface area (Å²) in [5.41, 5.74) is 11.2. The number of primary amides is 1. The maximum atomic E-state index is 11.8. The third kappa shape index (κ3) is 2.15. The van der Waals surface area contributed by atoms with Gasteiger partial charge < -0.3 is 21.1 Å². The van der Waals surface area contributed by atoms with Crippen LogP contribution in [0.4, 0.5) is 5.69 Å². The number of carbonyl (C=O) groups excluding carboxylic acids is 3. The molecular weight excluding hydrogens is 250 g/mol. The molecule has 0 aromatic heterocycles. The molecule has 0 radical (unpaired) electrons. The number of amides is 2. The SMILES string of the molecule is COc1ccc2c(c1)C(=O)C(=O)N2CC(N)C(N)=O. The fraction of sp³-hybridized carbons (Fsp3) is 0.250. The number of nitrogens with two attached hydrogens (primary N) is 2. The van der Waals surface area contributed by atoms with Crippen LogP contribution in [0.25, 0.3) is 0 Å². The molecule has 4 N–H and O–H groups in total. The normalized spacial score (nSPS) is 15.4. The minimum atomic E-state index is -1.02. The van der Waals surface area contributed by atoms with Crippen molar-refractivity contribution in [1.29, 1.82) is 0 Å². The Morgan fingerprint density at radius 3 is 2.68 bits per heavy atom. The first-order valence-electron chi connectivity index (χ1n) is 5.55. The van der Waals surface area contributed by atoms with Gasteiger partial charge in [-0.15, -0.1) is 0 Å². The van der Waals surface area contributed by atoms with Gasteiger partial charge in [-0.2, -0.15) is 0 Å². The van der Waals surface area contributed by atoms with E-state index in [0.717, 1.165) is 4.90 Å². The molecule has 7 heteroatoms. The molecule has 100 valence electrons. The van der Waals surface area contributed by atoms with Crippen molar-refractivity contribution in [3.8, 4) is 5.75 Å². The van der Waals surface area contributed by atoms with Crippen LogP contribution in [0.5, 0.6) is 5.75 Å². The average Bonchev–Trinajstić information content (AvgIpc) is 2.63. The molecule has 19 heavy (non-hydrogen) atoms. The fourth-order valence-corrected chi connectivity index (χ4v) is 1.87. The molecule has 1 unspecified atom stereocenters. The second kappa shape index (κ2) is 4.69. The van der Waals surface area contributed by atoms with Gasteiger partial charge in [0.05, 0.1) is 24.9 Å². The number of nitrogens with zero attached hydrogens (tertiary/aromatic N) is 1. The van der Waals surface area contributed by atoms with Crippen LogP contribution < -0.4 is 21.1 Å². The Balaban J connectivity index is 2.37. The van der Waals surface area contributed by atoms with Crippen molar-refractivity contribution in [2.45, 2.75) is 6.04 Å². The molecule has 1 heterocycles. The Labute approximate surface area is 109 Å². The van der Waals surface area contributed by atoms with Gasteiger partial charge in [0, 0.05) is 0 Å². The predicted octanol–water partition coefficient (Wildman–Crippen LogP) is -0.963. The summed E-state index contributed by atoms with van der Waals surface area (Å²) in [6.07, 6.45) is 0. The lowest BCUT2D eigenvalue weighted by atomic mass is 10.1. The van der Waals surface area contributed by atoms with Crippen molar-refractivity contribution >= 4 is 23.3 Å². The number of fused-ring (bicyclic) bond motifs is 1. The summed E-state index contributed by atoms with van der Waals surface area (Å²) in [4.78, 5) is 35.8. The lowest BCUT2D eigenvalue weighted by Gasteiger charge is -2.19. The molecule has 1 aliphatic heterocycles. The zero-order chi connectivity index (χ0) is 14.2. The van der Waals surface area contributed by atoms with Crippen LogP contribution in [-0.4, -0.2) is 37.3 Å². The number of methoxy groups -OCH3 is 1. The van der Waals surface area contributed by atoms with Gasteiger partial charge in [-0.05, 0) is 18.2 Å². The molecule has 1 aromatic rings. The highest BCUT2D eigenvalue weighted by atomic mass is 16.5. The van der Waals surface area contributed by atoms with E-state index in [1.807, 2.05) is 0 Å². The Morgan fingerprint density at radius 1 is 1.42 bits per heavy atom. The molecular formula is C12H13N3O4. The second-order valence-corrected chi connectivity index (χ2v) is 4.14. The molecule has 2 rings (SSSR count). The minimum absolute atomic E-state index is 0.126. The standard InChI is InChI=1S/C12H13N3O4/c1-19-6-2-3-9-7(4-6)10(16)12(18)15(9)5-8(13)11(14)17/h2-4,8H,5,13H2,1H3,(H2,14,17). The Bertz CT molecular complexity index is 570. The number of anilines is 1. The zero-order valence-electron chi connectivity index (χ0n) is 10.3. The highest BCUT2D eigenvalue weighted by Gasteiger charge is 2.37. The van der Waals surface area contributed by atoms with Gasteiger partial charge >= 0.3 is 0 Å². The predicted molar refractivity (Wildman–Crippen MR) is 66.8 cm³/mol. The molecule has 1 aliphatic rings. The first kappa shape index (κ1) is 13.0. The molecule has 0 saturated carbocycles. The fourth-order valence-electron chi connectivity index (χ4n) is 1.87. The van der Waals surface area contributed by atoms with E-state index in [0.29, 0.717) is 11.4 Å². The van der Waals surface area contributed by atoms with Crippen LogP contribution >= 0.6 is 0 Å². The third-order valence-corrected chi connectivity index (χ3v) is 2.92. The molecule has 0 spiro atoms. The minimum Gasteiger partial charge on any atom is -0.497 e. The molecule has 0 fully saturated rings. The molecule has 1 atom stereocenters. The highest BCUT2D eigenvalue weighted by Crippen LogP contribution is 2.31. The van der Waals surface area contributed by atoms with Gasteiger partial charge in [0.25, 0.3) is 11.7 Å². The van der Waals surface area contributed by atoms with Crippen LogP contribution in [0, 0.1) is 0 Å². The molecule has 0 aliphatic carbocycles. The second-order valence-electron chi connectivity index (χ2n) is 4.14.